The van der Waals surface area contributed by atoms with Crippen LogP contribution in [0.2, 0.25) is 0 Å². The van der Waals surface area contributed by atoms with E-state index in [-0.39, 0.29) is 0 Å². The molecule has 0 radical (unpaired) electrons. The summed E-state index contributed by atoms with van der Waals surface area (Å²) in [5, 5.41) is 0. The Balaban J connectivity index is 2.79. The lowest BCUT2D eigenvalue weighted by Crippen LogP contribution is -2.14. The highest BCUT2D eigenvalue weighted by molar-refractivity contribution is 5.01. The Bertz CT molecular complexity index is 237. The van der Waals surface area contributed by atoms with Crippen molar-refractivity contribution in [3.63, 3.8) is 0 Å². The molecule has 62 valence electrons. The molecule has 0 saturated carbocycles. The molecule has 1 rings (SSSR count). The third kappa shape index (κ3) is 1.80. The summed E-state index contributed by atoms with van der Waals surface area (Å²) in [6, 6.07) is 0. The Hall–Kier alpha value is -0.830. The molecule has 0 aliphatic carbocycles. The van der Waals surface area contributed by atoms with Gasteiger partial charge < -0.3 is 9.47 Å². The molecule has 0 unspecified atom stereocenters. The SMILES string of the molecule is Cc1cnc(CN(C)C)n1C. The van der Waals surface area contributed by atoms with Gasteiger partial charge in [0.25, 0.3) is 0 Å². The summed E-state index contributed by atoms with van der Waals surface area (Å²) in [5.41, 5.74) is 1.21. The van der Waals surface area contributed by atoms with Crippen molar-refractivity contribution >= 4 is 0 Å². The Morgan fingerprint density at radius 2 is 2.18 bits per heavy atom. The number of hydrogen-bond acceptors (Lipinski definition) is 2. The van der Waals surface area contributed by atoms with Crippen LogP contribution < -0.4 is 0 Å². The molecular formula is C8H15N3. The van der Waals surface area contributed by atoms with Crippen LogP contribution in [0.25, 0.3) is 0 Å². The molecule has 0 bridgehead atoms. The number of imidazole rings is 1. The van der Waals surface area contributed by atoms with Gasteiger partial charge >= 0.3 is 0 Å². The predicted molar refractivity (Wildman–Crippen MR) is 45.3 cm³/mol. The quantitative estimate of drug-likeness (QED) is 0.626. The second kappa shape index (κ2) is 3.05. The second-order valence-corrected chi connectivity index (χ2v) is 3.11. The van der Waals surface area contributed by atoms with Crippen molar-refractivity contribution in [1.82, 2.24) is 14.5 Å². The normalized spacial score (nSPS) is 11.0. The van der Waals surface area contributed by atoms with Gasteiger partial charge in [-0.05, 0) is 21.0 Å². The van der Waals surface area contributed by atoms with Crippen molar-refractivity contribution in [2.24, 2.45) is 7.05 Å². The predicted octanol–water partition coefficient (Wildman–Crippen LogP) is 0.790. The fraction of sp³-hybridized carbons (Fsp3) is 0.625. The molecule has 1 aromatic heterocycles. The molecule has 0 saturated heterocycles. The third-order valence-electron chi connectivity index (χ3n) is 1.77. The summed E-state index contributed by atoms with van der Waals surface area (Å²) in [4.78, 5) is 6.39. The number of aryl methyl sites for hydroxylation is 1. The maximum Gasteiger partial charge on any atom is 0.122 e. The highest BCUT2D eigenvalue weighted by atomic mass is 15.1. The van der Waals surface area contributed by atoms with Gasteiger partial charge in [-0.15, -0.1) is 0 Å². The van der Waals surface area contributed by atoms with Gasteiger partial charge in [0.05, 0.1) is 6.54 Å². The van der Waals surface area contributed by atoms with Crippen molar-refractivity contribution in [1.29, 1.82) is 0 Å². The van der Waals surface area contributed by atoms with Crippen LogP contribution >= 0.6 is 0 Å². The van der Waals surface area contributed by atoms with Crippen LogP contribution in [0.5, 0.6) is 0 Å². The molecule has 0 spiro atoms. The van der Waals surface area contributed by atoms with E-state index in [1.807, 2.05) is 27.3 Å². The minimum atomic E-state index is 0.907. The standard InChI is InChI=1S/C8H15N3/c1-7-5-9-8(11(7)4)6-10(2)3/h5H,6H2,1-4H3. The number of hydrogen-bond donors (Lipinski definition) is 0. The Kier molecular flexibility index (Phi) is 2.29. The topological polar surface area (TPSA) is 21.1 Å². The first-order chi connectivity index (χ1) is 5.11. The summed E-state index contributed by atoms with van der Waals surface area (Å²) in [5.74, 6) is 1.12. The molecule has 3 heteroatoms. The summed E-state index contributed by atoms with van der Waals surface area (Å²) in [7, 11) is 6.13. The van der Waals surface area contributed by atoms with Crippen molar-refractivity contribution in [2.45, 2.75) is 13.5 Å². The largest absolute Gasteiger partial charge is 0.334 e. The molecule has 0 amide bonds. The molecule has 1 heterocycles. The van der Waals surface area contributed by atoms with Crippen LogP contribution in [-0.4, -0.2) is 28.5 Å². The maximum absolute atomic E-state index is 4.28. The zero-order chi connectivity index (χ0) is 8.43. The van der Waals surface area contributed by atoms with E-state index in [1.54, 1.807) is 0 Å². The van der Waals surface area contributed by atoms with Gasteiger partial charge in [0.15, 0.2) is 0 Å². The van der Waals surface area contributed by atoms with Gasteiger partial charge in [-0.2, -0.15) is 0 Å². The van der Waals surface area contributed by atoms with Gasteiger partial charge in [0.1, 0.15) is 5.82 Å². The summed E-state index contributed by atoms with van der Waals surface area (Å²) >= 11 is 0. The Morgan fingerprint density at radius 1 is 1.55 bits per heavy atom. The third-order valence-corrected chi connectivity index (χ3v) is 1.77. The molecular weight excluding hydrogens is 138 g/mol. The zero-order valence-electron chi connectivity index (χ0n) is 7.63. The lowest BCUT2D eigenvalue weighted by molar-refractivity contribution is 0.384. The summed E-state index contributed by atoms with van der Waals surface area (Å²) < 4.78 is 2.11. The Morgan fingerprint density at radius 3 is 2.55 bits per heavy atom. The molecule has 0 aliphatic rings. The first kappa shape index (κ1) is 8.27. The Labute approximate surface area is 67.7 Å². The van der Waals surface area contributed by atoms with Crippen LogP contribution in [0, 0.1) is 6.92 Å². The van der Waals surface area contributed by atoms with E-state index in [4.69, 9.17) is 0 Å². The molecule has 0 aromatic carbocycles. The molecule has 3 nitrogen and oxygen atoms in total. The number of nitrogens with zero attached hydrogens (tertiary/aromatic N) is 3. The molecule has 0 N–H and O–H groups in total. The van der Waals surface area contributed by atoms with Gasteiger partial charge in [-0.25, -0.2) is 4.98 Å². The molecule has 0 fully saturated rings. The number of aromatic nitrogens is 2. The van der Waals surface area contributed by atoms with Crippen LogP contribution in [0.4, 0.5) is 0 Å². The van der Waals surface area contributed by atoms with E-state index >= 15 is 0 Å². The zero-order valence-corrected chi connectivity index (χ0v) is 7.63. The minimum Gasteiger partial charge on any atom is -0.334 e. The van der Waals surface area contributed by atoms with E-state index in [2.05, 4.69) is 21.4 Å². The van der Waals surface area contributed by atoms with Gasteiger partial charge in [0.2, 0.25) is 0 Å². The average Bonchev–Trinajstić information content (AvgIpc) is 2.18. The molecule has 0 aliphatic heterocycles. The first-order valence-corrected chi connectivity index (χ1v) is 3.73. The molecule has 11 heavy (non-hydrogen) atoms. The van der Waals surface area contributed by atoms with Gasteiger partial charge in [-0.1, -0.05) is 0 Å². The van der Waals surface area contributed by atoms with Crippen LogP contribution in [0.1, 0.15) is 11.5 Å². The molecule has 1 aromatic rings. The van der Waals surface area contributed by atoms with Crippen LogP contribution in [0.3, 0.4) is 0 Å². The fourth-order valence-corrected chi connectivity index (χ4v) is 0.974. The smallest absolute Gasteiger partial charge is 0.122 e. The first-order valence-electron chi connectivity index (χ1n) is 3.73. The van der Waals surface area contributed by atoms with Gasteiger partial charge in [0, 0.05) is 18.9 Å². The van der Waals surface area contributed by atoms with E-state index in [9.17, 15) is 0 Å². The van der Waals surface area contributed by atoms with Crippen molar-refractivity contribution in [3.05, 3.63) is 17.7 Å². The van der Waals surface area contributed by atoms with Crippen LogP contribution in [0.15, 0.2) is 6.20 Å². The highest BCUT2D eigenvalue weighted by Crippen LogP contribution is 2.02. The van der Waals surface area contributed by atoms with Crippen molar-refractivity contribution < 1.29 is 0 Å². The van der Waals surface area contributed by atoms with E-state index < -0.39 is 0 Å². The lowest BCUT2D eigenvalue weighted by atomic mass is 10.5. The monoisotopic (exact) mass is 153 g/mol. The average molecular weight is 153 g/mol. The molecule has 0 atom stereocenters. The summed E-state index contributed by atoms with van der Waals surface area (Å²) in [6.45, 7) is 2.97. The highest BCUT2D eigenvalue weighted by Gasteiger charge is 2.02. The summed E-state index contributed by atoms with van der Waals surface area (Å²) in [6.07, 6.45) is 1.90. The van der Waals surface area contributed by atoms with E-state index in [0.29, 0.717) is 0 Å². The maximum atomic E-state index is 4.28. The van der Waals surface area contributed by atoms with Crippen molar-refractivity contribution in [3.8, 4) is 0 Å². The van der Waals surface area contributed by atoms with Gasteiger partial charge in [-0.3, -0.25) is 0 Å². The van der Waals surface area contributed by atoms with Crippen molar-refractivity contribution in [2.75, 3.05) is 14.1 Å². The second-order valence-electron chi connectivity index (χ2n) is 3.11. The number of rotatable bonds is 2. The lowest BCUT2D eigenvalue weighted by Gasteiger charge is -2.09. The minimum absolute atomic E-state index is 0.907. The fourth-order valence-electron chi connectivity index (χ4n) is 0.974. The van der Waals surface area contributed by atoms with E-state index in [0.717, 1.165) is 12.4 Å². The van der Waals surface area contributed by atoms with Crippen LogP contribution in [-0.2, 0) is 13.6 Å². The van der Waals surface area contributed by atoms with E-state index in [1.165, 1.54) is 5.69 Å².